The van der Waals surface area contributed by atoms with Gasteiger partial charge in [-0.2, -0.15) is 0 Å². The first kappa shape index (κ1) is 18.0. The number of amides is 1. The number of carbonyl (C=O) groups is 1. The summed E-state index contributed by atoms with van der Waals surface area (Å²) in [6.07, 6.45) is 4.22. The van der Waals surface area contributed by atoms with Gasteiger partial charge in [-0.15, -0.1) is 0 Å². The maximum Gasteiger partial charge on any atom is 0.260 e. The van der Waals surface area contributed by atoms with E-state index < -0.39 is 0 Å². The molecule has 3 aromatic rings. The molecule has 2 aromatic carbocycles. The van der Waals surface area contributed by atoms with Gasteiger partial charge in [0.2, 0.25) is 0 Å². The molecule has 1 N–H and O–H groups in total. The largest absolute Gasteiger partial charge is 0.494 e. The van der Waals surface area contributed by atoms with Gasteiger partial charge < -0.3 is 15.0 Å². The zero-order chi connectivity index (χ0) is 19.5. The molecule has 0 spiro atoms. The molecule has 5 nitrogen and oxygen atoms in total. The van der Waals surface area contributed by atoms with E-state index in [4.69, 9.17) is 4.74 Å². The van der Waals surface area contributed by atoms with E-state index >= 15 is 0 Å². The maximum absolute atomic E-state index is 13.2. The van der Waals surface area contributed by atoms with Crippen LogP contribution in [-0.2, 0) is 6.42 Å². The lowest BCUT2D eigenvalue weighted by Crippen LogP contribution is -2.35. The summed E-state index contributed by atoms with van der Waals surface area (Å²) in [6.45, 7) is 4.67. The molecule has 0 bridgehead atoms. The first-order chi connectivity index (χ1) is 13.7. The van der Waals surface area contributed by atoms with E-state index in [1.165, 1.54) is 5.56 Å². The number of aromatic nitrogens is 1. The van der Waals surface area contributed by atoms with Crippen molar-refractivity contribution in [2.75, 3.05) is 16.8 Å². The summed E-state index contributed by atoms with van der Waals surface area (Å²) in [5.41, 5.74) is 4.45. The van der Waals surface area contributed by atoms with Crippen LogP contribution in [0.1, 0.15) is 29.8 Å². The fraction of sp³-hybridized carbons (Fsp3) is 0.217. The topological polar surface area (TPSA) is 54.5 Å². The second-order valence-electron chi connectivity index (χ2n) is 6.90. The lowest BCUT2D eigenvalue weighted by atomic mass is 10.1. The van der Waals surface area contributed by atoms with Crippen molar-refractivity contribution in [1.82, 2.24) is 4.98 Å². The number of para-hydroxylation sites is 1. The van der Waals surface area contributed by atoms with Gasteiger partial charge in [0, 0.05) is 23.6 Å². The third-order valence-corrected chi connectivity index (χ3v) is 4.87. The highest BCUT2D eigenvalue weighted by Gasteiger charge is 2.31. The van der Waals surface area contributed by atoms with Crippen molar-refractivity contribution in [2.45, 2.75) is 26.3 Å². The van der Waals surface area contributed by atoms with Gasteiger partial charge in [-0.1, -0.05) is 18.2 Å². The number of carbonyl (C=O) groups excluding carboxylic acids is 1. The van der Waals surface area contributed by atoms with E-state index in [1.807, 2.05) is 60.4 Å². The summed E-state index contributed by atoms with van der Waals surface area (Å²) >= 11 is 0. The van der Waals surface area contributed by atoms with Crippen LogP contribution in [0.3, 0.4) is 0 Å². The molecule has 28 heavy (non-hydrogen) atoms. The smallest absolute Gasteiger partial charge is 0.260 e. The van der Waals surface area contributed by atoms with E-state index in [2.05, 4.69) is 23.3 Å². The van der Waals surface area contributed by atoms with Gasteiger partial charge in [0.25, 0.3) is 5.91 Å². The Labute approximate surface area is 165 Å². The monoisotopic (exact) mass is 373 g/mol. The molecule has 1 aliphatic heterocycles. The molecular weight excluding hydrogens is 350 g/mol. The van der Waals surface area contributed by atoms with Crippen LogP contribution in [0, 0.1) is 0 Å². The molecule has 1 atom stereocenters. The number of nitrogens with one attached hydrogen (secondary N) is 1. The number of nitrogens with zero attached hydrogens (tertiary/aromatic N) is 2. The van der Waals surface area contributed by atoms with Gasteiger partial charge >= 0.3 is 0 Å². The number of rotatable bonds is 5. The Morgan fingerprint density at radius 3 is 2.71 bits per heavy atom. The second-order valence-corrected chi connectivity index (χ2v) is 6.90. The van der Waals surface area contributed by atoms with E-state index in [0.29, 0.717) is 12.2 Å². The molecular formula is C23H23N3O2. The number of fused-ring (bicyclic) bond motifs is 1. The highest BCUT2D eigenvalue weighted by Crippen LogP contribution is 2.33. The van der Waals surface area contributed by atoms with Crippen LogP contribution in [0.4, 0.5) is 17.1 Å². The van der Waals surface area contributed by atoms with E-state index in [1.54, 1.807) is 12.4 Å². The zero-order valence-corrected chi connectivity index (χ0v) is 16.1. The first-order valence-electron chi connectivity index (χ1n) is 9.52. The second kappa shape index (κ2) is 7.72. The highest BCUT2D eigenvalue weighted by atomic mass is 16.5. The molecule has 0 radical (unpaired) electrons. The molecule has 5 heteroatoms. The van der Waals surface area contributed by atoms with Crippen molar-refractivity contribution in [1.29, 1.82) is 0 Å². The summed E-state index contributed by atoms with van der Waals surface area (Å²) in [6, 6.07) is 17.8. The summed E-state index contributed by atoms with van der Waals surface area (Å²) in [5.74, 6) is 0.803. The van der Waals surface area contributed by atoms with Crippen LogP contribution in [-0.4, -0.2) is 23.5 Å². The van der Waals surface area contributed by atoms with Crippen LogP contribution in [0.5, 0.6) is 5.75 Å². The van der Waals surface area contributed by atoms with Crippen LogP contribution in [0.25, 0.3) is 0 Å². The molecule has 1 aromatic heterocycles. The minimum absolute atomic E-state index is 0.0275. The highest BCUT2D eigenvalue weighted by molar-refractivity contribution is 6.08. The summed E-state index contributed by atoms with van der Waals surface area (Å²) < 4.78 is 5.47. The van der Waals surface area contributed by atoms with Gasteiger partial charge in [-0.05, 0) is 62.2 Å². The molecule has 142 valence electrons. The summed E-state index contributed by atoms with van der Waals surface area (Å²) in [4.78, 5) is 19.3. The summed E-state index contributed by atoms with van der Waals surface area (Å²) in [5, 5.41) is 3.30. The van der Waals surface area contributed by atoms with Crippen LogP contribution in [0.2, 0.25) is 0 Å². The number of hydrogen-bond acceptors (Lipinski definition) is 4. The molecule has 4 rings (SSSR count). The predicted molar refractivity (Wildman–Crippen MR) is 112 cm³/mol. The fourth-order valence-electron chi connectivity index (χ4n) is 3.61. The number of pyridine rings is 1. The van der Waals surface area contributed by atoms with Crippen molar-refractivity contribution in [3.8, 4) is 5.75 Å². The number of benzene rings is 2. The first-order valence-corrected chi connectivity index (χ1v) is 9.52. The van der Waals surface area contributed by atoms with Crippen LogP contribution < -0.4 is 15.0 Å². The molecule has 1 unspecified atom stereocenters. The molecule has 0 aliphatic carbocycles. The Bertz CT molecular complexity index is 985. The number of anilines is 3. The average Bonchev–Trinajstić information content (AvgIpc) is 3.05. The van der Waals surface area contributed by atoms with Crippen molar-refractivity contribution in [3.05, 3.63) is 78.1 Å². The van der Waals surface area contributed by atoms with Crippen molar-refractivity contribution >= 4 is 23.0 Å². The number of hydrogen-bond donors (Lipinski definition) is 1. The van der Waals surface area contributed by atoms with Crippen LogP contribution >= 0.6 is 0 Å². The van der Waals surface area contributed by atoms with Gasteiger partial charge in [-0.3, -0.25) is 9.78 Å². The molecule has 1 amide bonds. The third kappa shape index (κ3) is 3.56. The maximum atomic E-state index is 13.2. The summed E-state index contributed by atoms with van der Waals surface area (Å²) in [7, 11) is 0. The molecule has 2 heterocycles. The Morgan fingerprint density at radius 1 is 1.14 bits per heavy atom. The normalized spacial score (nSPS) is 15.2. The lowest BCUT2D eigenvalue weighted by Gasteiger charge is -2.23. The average molecular weight is 373 g/mol. The standard InChI is InChI=1S/C23H23N3O2/c1-3-28-21-10-8-19(9-11-21)25-20-13-18(14-24-15-20)23(27)26-16(2)12-17-6-4-5-7-22(17)26/h4-11,13-16,25H,3,12H2,1-2H3. The van der Waals surface area contributed by atoms with Gasteiger partial charge in [-0.25, -0.2) is 0 Å². The molecule has 0 saturated heterocycles. The SMILES string of the molecule is CCOc1ccc(Nc2cncc(C(=O)N3c4ccccc4CC3C)c2)cc1. The number of ether oxygens (including phenoxy) is 1. The van der Waals surface area contributed by atoms with Crippen molar-refractivity contribution < 1.29 is 9.53 Å². The minimum atomic E-state index is -0.0275. The van der Waals surface area contributed by atoms with E-state index in [0.717, 1.165) is 29.2 Å². The van der Waals surface area contributed by atoms with Crippen molar-refractivity contribution in [3.63, 3.8) is 0 Å². The van der Waals surface area contributed by atoms with Gasteiger partial charge in [0.1, 0.15) is 5.75 Å². The van der Waals surface area contributed by atoms with Gasteiger partial charge in [0.05, 0.1) is 24.1 Å². The van der Waals surface area contributed by atoms with E-state index in [-0.39, 0.29) is 11.9 Å². The minimum Gasteiger partial charge on any atom is -0.494 e. The van der Waals surface area contributed by atoms with E-state index in [9.17, 15) is 4.79 Å². The Kier molecular flexibility index (Phi) is 4.98. The molecule has 1 aliphatic rings. The molecule has 0 fully saturated rings. The van der Waals surface area contributed by atoms with Crippen LogP contribution in [0.15, 0.2) is 67.0 Å². The Morgan fingerprint density at radius 2 is 1.93 bits per heavy atom. The predicted octanol–water partition coefficient (Wildman–Crippen LogP) is 4.82. The fourth-order valence-corrected chi connectivity index (χ4v) is 3.61. The third-order valence-electron chi connectivity index (χ3n) is 4.87. The Balaban J connectivity index is 1.54. The van der Waals surface area contributed by atoms with Crippen molar-refractivity contribution in [2.24, 2.45) is 0 Å². The molecule has 0 saturated carbocycles. The zero-order valence-electron chi connectivity index (χ0n) is 16.1. The lowest BCUT2D eigenvalue weighted by molar-refractivity contribution is 0.0981. The Hall–Kier alpha value is -3.34. The van der Waals surface area contributed by atoms with Gasteiger partial charge in [0.15, 0.2) is 0 Å². The quantitative estimate of drug-likeness (QED) is 0.697.